The van der Waals surface area contributed by atoms with Crippen molar-refractivity contribution < 1.29 is 14.3 Å². The van der Waals surface area contributed by atoms with Crippen molar-refractivity contribution in [1.29, 1.82) is 0 Å². The van der Waals surface area contributed by atoms with Crippen LogP contribution in [0.5, 0.6) is 5.75 Å². The van der Waals surface area contributed by atoms with Gasteiger partial charge in [0.25, 0.3) is 11.5 Å². The lowest BCUT2D eigenvalue weighted by Gasteiger charge is -2.23. The van der Waals surface area contributed by atoms with Gasteiger partial charge in [0.1, 0.15) is 11.6 Å². The second-order valence-electron chi connectivity index (χ2n) is 7.12. The molecule has 0 saturated carbocycles. The monoisotopic (exact) mass is 398 g/mol. The molecule has 0 radical (unpaired) electrons. The number of hydrogen-bond acceptors (Lipinski definition) is 5. The smallest absolute Gasteiger partial charge is 0.257 e. The number of para-hydroxylation sites is 1. The van der Waals surface area contributed by atoms with Crippen molar-refractivity contribution in [1.82, 2.24) is 19.8 Å². The first kappa shape index (κ1) is 20.6. The maximum absolute atomic E-state index is 12.9. The highest BCUT2D eigenvalue weighted by molar-refractivity contribution is 5.97. The molecule has 154 valence electrons. The highest BCUT2D eigenvalue weighted by Crippen LogP contribution is 2.20. The van der Waals surface area contributed by atoms with Gasteiger partial charge in [-0.1, -0.05) is 12.1 Å². The first-order chi connectivity index (χ1) is 13.9. The number of aromatic amines is 1. The van der Waals surface area contributed by atoms with Crippen LogP contribution < -0.4 is 10.3 Å². The third kappa shape index (κ3) is 4.64. The second-order valence-corrected chi connectivity index (χ2v) is 7.12. The summed E-state index contributed by atoms with van der Waals surface area (Å²) in [6.45, 7) is 5.42. The molecule has 3 rings (SSSR count). The topological polar surface area (TPSA) is 95.6 Å². The SMILES string of the molecule is COc1ccccc1C(=O)N1CCCN(C(=O)Cc2c(C)nc(C)[nH]c2=O)CC1. The molecule has 2 heterocycles. The lowest BCUT2D eigenvalue weighted by Crippen LogP contribution is -2.38. The van der Waals surface area contributed by atoms with Gasteiger partial charge in [-0.25, -0.2) is 4.98 Å². The molecular formula is C21H26N4O4. The number of aryl methyl sites for hydroxylation is 2. The molecule has 1 aliphatic heterocycles. The van der Waals surface area contributed by atoms with Crippen LogP contribution in [0.15, 0.2) is 29.1 Å². The fourth-order valence-electron chi connectivity index (χ4n) is 3.58. The number of carbonyl (C=O) groups is 2. The fourth-order valence-corrected chi connectivity index (χ4v) is 3.58. The van der Waals surface area contributed by atoms with Crippen molar-refractivity contribution >= 4 is 11.8 Å². The summed E-state index contributed by atoms with van der Waals surface area (Å²) in [4.78, 5) is 48.2. The number of rotatable bonds is 4. The first-order valence-electron chi connectivity index (χ1n) is 9.67. The zero-order valence-corrected chi connectivity index (χ0v) is 17.0. The van der Waals surface area contributed by atoms with E-state index < -0.39 is 0 Å². The Morgan fingerprint density at radius 2 is 1.79 bits per heavy atom. The van der Waals surface area contributed by atoms with E-state index in [0.29, 0.717) is 61.0 Å². The molecule has 0 atom stereocenters. The summed E-state index contributed by atoms with van der Waals surface area (Å²) in [6.07, 6.45) is 0.684. The van der Waals surface area contributed by atoms with E-state index in [1.54, 1.807) is 49.0 Å². The molecule has 0 unspecified atom stereocenters. The molecule has 2 amide bonds. The van der Waals surface area contributed by atoms with Crippen LogP contribution in [0.2, 0.25) is 0 Å². The van der Waals surface area contributed by atoms with Gasteiger partial charge in [-0.15, -0.1) is 0 Å². The van der Waals surface area contributed by atoms with Crippen molar-refractivity contribution in [2.75, 3.05) is 33.3 Å². The van der Waals surface area contributed by atoms with Crippen LogP contribution in [-0.4, -0.2) is 64.9 Å². The summed E-state index contributed by atoms with van der Waals surface area (Å²) < 4.78 is 5.29. The van der Waals surface area contributed by atoms with Crippen LogP contribution in [0.25, 0.3) is 0 Å². The molecule has 1 aromatic heterocycles. The summed E-state index contributed by atoms with van der Waals surface area (Å²) in [7, 11) is 1.54. The number of ether oxygens (including phenoxy) is 1. The number of amides is 2. The Hall–Kier alpha value is -3.16. The van der Waals surface area contributed by atoms with Gasteiger partial charge in [-0.05, 0) is 32.4 Å². The Balaban J connectivity index is 1.67. The van der Waals surface area contributed by atoms with E-state index in [4.69, 9.17) is 4.74 Å². The molecule has 1 aromatic carbocycles. The minimum Gasteiger partial charge on any atom is -0.496 e. The third-order valence-corrected chi connectivity index (χ3v) is 5.14. The average molecular weight is 398 g/mol. The number of aromatic nitrogens is 2. The van der Waals surface area contributed by atoms with Crippen LogP contribution in [0, 0.1) is 13.8 Å². The minimum atomic E-state index is -0.272. The van der Waals surface area contributed by atoms with Gasteiger partial charge in [0, 0.05) is 37.4 Å². The van der Waals surface area contributed by atoms with Crippen molar-refractivity contribution in [3.8, 4) is 5.75 Å². The number of hydrogen-bond donors (Lipinski definition) is 1. The van der Waals surface area contributed by atoms with Gasteiger partial charge < -0.3 is 19.5 Å². The number of carbonyl (C=O) groups excluding carboxylic acids is 2. The quantitative estimate of drug-likeness (QED) is 0.838. The van der Waals surface area contributed by atoms with Crippen molar-refractivity contribution in [2.45, 2.75) is 26.7 Å². The van der Waals surface area contributed by atoms with E-state index in [2.05, 4.69) is 9.97 Å². The Kier molecular flexibility index (Phi) is 6.31. The molecule has 1 N–H and O–H groups in total. The van der Waals surface area contributed by atoms with Crippen molar-refractivity contribution in [3.05, 3.63) is 57.3 Å². The van der Waals surface area contributed by atoms with Gasteiger partial charge in [-0.3, -0.25) is 14.4 Å². The van der Waals surface area contributed by atoms with E-state index in [1.807, 2.05) is 6.07 Å². The van der Waals surface area contributed by atoms with Crippen molar-refractivity contribution in [3.63, 3.8) is 0 Å². The Labute approximate surface area is 169 Å². The fraction of sp³-hybridized carbons (Fsp3) is 0.429. The van der Waals surface area contributed by atoms with Crippen LogP contribution in [0.3, 0.4) is 0 Å². The normalized spacial score (nSPS) is 14.4. The maximum Gasteiger partial charge on any atom is 0.257 e. The van der Waals surface area contributed by atoms with Crippen LogP contribution in [-0.2, 0) is 11.2 Å². The molecule has 0 spiro atoms. The second kappa shape index (κ2) is 8.89. The highest BCUT2D eigenvalue weighted by atomic mass is 16.5. The number of H-pyrrole nitrogens is 1. The molecule has 29 heavy (non-hydrogen) atoms. The summed E-state index contributed by atoms with van der Waals surface area (Å²) in [5, 5.41) is 0. The number of benzene rings is 1. The van der Waals surface area contributed by atoms with E-state index in [0.717, 1.165) is 0 Å². The van der Waals surface area contributed by atoms with Crippen molar-refractivity contribution in [2.24, 2.45) is 0 Å². The van der Waals surface area contributed by atoms with Gasteiger partial charge in [0.05, 0.1) is 19.1 Å². The van der Waals surface area contributed by atoms with E-state index in [-0.39, 0.29) is 23.8 Å². The molecule has 0 bridgehead atoms. The van der Waals surface area contributed by atoms with Gasteiger partial charge in [0.15, 0.2) is 0 Å². The van der Waals surface area contributed by atoms with E-state index in [9.17, 15) is 14.4 Å². The molecule has 0 aliphatic carbocycles. The summed E-state index contributed by atoms with van der Waals surface area (Å²) in [6, 6.07) is 7.13. The largest absolute Gasteiger partial charge is 0.496 e. The maximum atomic E-state index is 12.9. The van der Waals surface area contributed by atoms with Gasteiger partial charge in [0.2, 0.25) is 5.91 Å². The minimum absolute atomic E-state index is 0.00883. The summed E-state index contributed by atoms with van der Waals surface area (Å²) in [5.41, 5.74) is 1.21. The predicted octanol–water partition coefficient (Wildman–Crippen LogP) is 1.31. The number of nitrogens with one attached hydrogen (secondary N) is 1. The van der Waals surface area contributed by atoms with Crippen LogP contribution >= 0.6 is 0 Å². The van der Waals surface area contributed by atoms with Crippen LogP contribution in [0.1, 0.15) is 33.9 Å². The highest BCUT2D eigenvalue weighted by Gasteiger charge is 2.25. The Morgan fingerprint density at radius 3 is 2.52 bits per heavy atom. The molecule has 8 nitrogen and oxygen atoms in total. The number of nitrogens with zero attached hydrogens (tertiary/aromatic N) is 3. The van der Waals surface area contributed by atoms with Gasteiger partial charge in [-0.2, -0.15) is 0 Å². The van der Waals surface area contributed by atoms with Crippen LogP contribution in [0.4, 0.5) is 0 Å². The molecule has 1 aliphatic rings. The first-order valence-corrected chi connectivity index (χ1v) is 9.67. The third-order valence-electron chi connectivity index (χ3n) is 5.14. The summed E-state index contributed by atoms with van der Waals surface area (Å²) >= 11 is 0. The lowest BCUT2D eigenvalue weighted by molar-refractivity contribution is -0.130. The molecule has 1 fully saturated rings. The number of methoxy groups -OCH3 is 1. The van der Waals surface area contributed by atoms with E-state index >= 15 is 0 Å². The Bertz CT molecular complexity index is 969. The Morgan fingerprint density at radius 1 is 1.10 bits per heavy atom. The average Bonchev–Trinajstić information content (AvgIpc) is 2.96. The van der Waals surface area contributed by atoms with Gasteiger partial charge >= 0.3 is 0 Å². The molecule has 2 aromatic rings. The predicted molar refractivity (Wildman–Crippen MR) is 108 cm³/mol. The van der Waals surface area contributed by atoms with E-state index in [1.165, 1.54) is 0 Å². The zero-order valence-electron chi connectivity index (χ0n) is 17.0. The standard InChI is InChI=1S/C21H26N4O4/c1-14-17(20(27)23-15(2)22-14)13-19(26)24-9-6-10-25(12-11-24)21(28)16-7-4-5-8-18(16)29-3/h4-5,7-8H,6,9-13H2,1-3H3,(H,22,23,27). The zero-order chi connectivity index (χ0) is 21.0. The summed E-state index contributed by atoms with van der Waals surface area (Å²) in [5.74, 6) is 0.836. The molecule has 1 saturated heterocycles. The molecule has 8 heteroatoms. The lowest BCUT2D eigenvalue weighted by atomic mass is 10.1. The molecular weight excluding hydrogens is 372 g/mol.